The van der Waals surface area contributed by atoms with E-state index in [1.165, 1.54) is 40.6 Å². The summed E-state index contributed by atoms with van der Waals surface area (Å²) in [5, 5.41) is 1.47. The lowest BCUT2D eigenvalue weighted by Crippen LogP contribution is -2.21. The molecule has 0 unspecified atom stereocenters. The maximum absolute atomic E-state index is 4.71. The van der Waals surface area contributed by atoms with Gasteiger partial charge in [0.2, 0.25) is 0 Å². The molecule has 0 saturated heterocycles. The monoisotopic (exact) mass is 359 g/mol. The van der Waals surface area contributed by atoms with Crippen LogP contribution in [0.1, 0.15) is 46.8 Å². The molecule has 2 aliphatic rings. The number of pyridine rings is 1. The molecule has 0 radical (unpaired) electrons. The molecular formula is C24H29N3. The summed E-state index contributed by atoms with van der Waals surface area (Å²) in [6.45, 7) is 5.56. The molecule has 1 aliphatic carbocycles. The first-order chi connectivity index (χ1) is 13.2. The van der Waals surface area contributed by atoms with Crippen LogP contribution < -0.4 is 0 Å². The van der Waals surface area contributed by atoms with Crippen molar-refractivity contribution >= 4 is 10.9 Å². The highest BCUT2D eigenvalue weighted by Crippen LogP contribution is 2.38. The van der Waals surface area contributed by atoms with Gasteiger partial charge in [0.25, 0.3) is 0 Å². The molecule has 0 N–H and O–H groups in total. The number of hydrogen-bond acceptors (Lipinski definition) is 2. The second-order valence-corrected chi connectivity index (χ2v) is 8.52. The van der Waals surface area contributed by atoms with Gasteiger partial charge in [0.15, 0.2) is 0 Å². The van der Waals surface area contributed by atoms with Gasteiger partial charge in [0.05, 0.1) is 0 Å². The second kappa shape index (κ2) is 6.79. The molecule has 3 nitrogen and oxygen atoms in total. The van der Waals surface area contributed by atoms with E-state index in [1.807, 2.05) is 0 Å². The van der Waals surface area contributed by atoms with Crippen LogP contribution in [0, 0.1) is 6.92 Å². The fourth-order valence-corrected chi connectivity index (χ4v) is 4.57. The molecule has 3 heteroatoms. The predicted molar refractivity (Wildman–Crippen MR) is 111 cm³/mol. The van der Waals surface area contributed by atoms with Crippen molar-refractivity contribution in [2.75, 3.05) is 20.1 Å². The van der Waals surface area contributed by atoms with Crippen LogP contribution in [0.4, 0.5) is 0 Å². The van der Waals surface area contributed by atoms with Gasteiger partial charge >= 0.3 is 0 Å². The maximum Gasteiger partial charge on any atom is 0.0485 e. The van der Waals surface area contributed by atoms with Crippen LogP contribution >= 0.6 is 0 Å². The zero-order valence-electron chi connectivity index (χ0n) is 16.5. The Labute approximate surface area is 162 Å². The van der Waals surface area contributed by atoms with Gasteiger partial charge in [-0.25, -0.2) is 0 Å². The van der Waals surface area contributed by atoms with Gasteiger partial charge in [0.1, 0.15) is 0 Å². The predicted octanol–water partition coefficient (Wildman–Crippen LogP) is 4.50. The first kappa shape index (κ1) is 17.0. The van der Waals surface area contributed by atoms with Gasteiger partial charge in [-0.15, -0.1) is 0 Å². The van der Waals surface area contributed by atoms with Crippen molar-refractivity contribution < 1.29 is 0 Å². The molecule has 3 heterocycles. The summed E-state index contributed by atoms with van der Waals surface area (Å²) in [6.07, 6.45) is 8.12. The average molecular weight is 360 g/mol. The molecule has 1 fully saturated rings. The van der Waals surface area contributed by atoms with E-state index >= 15 is 0 Å². The van der Waals surface area contributed by atoms with E-state index in [4.69, 9.17) is 4.98 Å². The van der Waals surface area contributed by atoms with E-state index in [2.05, 4.69) is 60.0 Å². The topological polar surface area (TPSA) is 21.1 Å². The van der Waals surface area contributed by atoms with Crippen molar-refractivity contribution in [1.29, 1.82) is 0 Å². The Hall–Kier alpha value is -2.13. The molecule has 0 atom stereocenters. The summed E-state index contributed by atoms with van der Waals surface area (Å²) < 4.78 is 2.60. The molecule has 0 spiro atoms. The highest BCUT2D eigenvalue weighted by Gasteiger charge is 2.24. The van der Waals surface area contributed by atoms with Crippen molar-refractivity contribution in [2.45, 2.75) is 51.5 Å². The number of likely N-dealkylation sites (N-methyl/N-ethyl adjacent to an activating group) is 1. The number of rotatable bonds is 4. The molecule has 140 valence electrons. The fraction of sp³-hybridized carbons (Fsp3) is 0.458. The minimum absolute atomic E-state index is 0.739. The number of hydrogen-bond donors (Lipinski definition) is 0. The number of aryl methyl sites for hydroxylation is 3. The summed E-state index contributed by atoms with van der Waals surface area (Å²) in [5.74, 6) is 0.739. The molecule has 2 aromatic heterocycles. The third-order valence-corrected chi connectivity index (χ3v) is 6.38. The van der Waals surface area contributed by atoms with Crippen molar-refractivity contribution in [3.05, 3.63) is 64.6 Å². The third-order valence-electron chi connectivity index (χ3n) is 6.38. The van der Waals surface area contributed by atoms with Gasteiger partial charge in [-0.05, 0) is 69.0 Å². The molecule has 1 saturated carbocycles. The Bertz CT molecular complexity index is 963. The summed E-state index contributed by atoms with van der Waals surface area (Å²) in [4.78, 5) is 7.18. The van der Waals surface area contributed by atoms with Crippen molar-refractivity contribution in [2.24, 2.45) is 0 Å². The normalized spacial score (nSPS) is 17.9. The van der Waals surface area contributed by atoms with E-state index in [-0.39, 0.29) is 0 Å². The molecule has 5 rings (SSSR count). The molecule has 1 aliphatic heterocycles. The van der Waals surface area contributed by atoms with Gasteiger partial charge in [0, 0.05) is 60.5 Å². The number of benzene rings is 1. The maximum atomic E-state index is 4.71. The molecule has 0 amide bonds. The Morgan fingerprint density at radius 3 is 2.70 bits per heavy atom. The largest absolute Gasteiger partial charge is 0.344 e. The van der Waals surface area contributed by atoms with Gasteiger partial charge in [-0.3, -0.25) is 4.98 Å². The first-order valence-corrected chi connectivity index (χ1v) is 10.4. The SMILES string of the molecule is Cc1ccc2c(c1)c1c(n2CCc2ccc(C3CC3)nc2)CCN(C)CC1. The molecule has 27 heavy (non-hydrogen) atoms. The van der Waals surface area contributed by atoms with Crippen LogP contribution in [-0.4, -0.2) is 34.6 Å². The van der Waals surface area contributed by atoms with Crippen LogP contribution in [0.25, 0.3) is 10.9 Å². The van der Waals surface area contributed by atoms with E-state index < -0.39 is 0 Å². The fourth-order valence-electron chi connectivity index (χ4n) is 4.57. The summed E-state index contributed by atoms with van der Waals surface area (Å²) in [7, 11) is 2.25. The lowest BCUT2D eigenvalue weighted by Gasteiger charge is -2.14. The van der Waals surface area contributed by atoms with E-state index in [1.54, 1.807) is 11.3 Å². The zero-order valence-corrected chi connectivity index (χ0v) is 16.5. The van der Waals surface area contributed by atoms with E-state index in [0.29, 0.717) is 0 Å². The van der Waals surface area contributed by atoms with Crippen LogP contribution in [0.2, 0.25) is 0 Å². The quantitative estimate of drug-likeness (QED) is 0.684. The number of nitrogens with zero attached hydrogens (tertiary/aromatic N) is 3. The summed E-state index contributed by atoms with van der Waals surface area (Å²) in [6, 6.07) is 11.5. The van der Waals surface area contributed by atoms with E-state index in [9.17, 15) is 0 Å². The van der Waals surface area contributed by atoms with Gasteiger partial charge in [-0.2, -0.15) is 0 Å². The van der Waals surface area contributed by atoms with Crippen LogP contribution in [-0.2, 0) is 25.8 Å². The van der Waals surface area contributed by atoms with Crippen molar-refractivity contribution in [1.82, 2.24) is 14.5 Å². The summed E-state index contributed by atoms with van der Waals surface area (Å²) in [5.41, 5.74) is 8.56. The molecular weight excluding hydrogens is 330 g/mol. The molecule has 0 bridgehead atoms. The van der Waals surface area contributed by atoms with Gasteiger partial charge < -0.3 is 9.47 Å². The Morgan fingerprint density at radius 2 is 1.93 bits per heavy atom. The van der Waals surface area contributed by atoms with Crippen molar-refractivity contribution in [3.63, 3.8) is 0 Å². The third kappa shape index (κ3) is 3.29. The Kier molecular flexibility index (Phi) is 4.28. The Balaban J connectivity index is 1.46. The lowest BCUT2D eigenvalue weighted by atomic mass is 10.1. The van der Waals surface area contributed by atoms with Crippen LogP contribution in [0.5, 0.6) is 0 Å². The lowest BCUT2D eigenvalue weighted by molar-refractivity contribution is 0.351. The minimum atomic E-state index is 0.739. The van der Waals surface area contributed by atoms with Crippen LogP contribution in [0.3, 0.4) is 0 Å². The van der Waals surface area contributed by atoms with E-state index in [0.717, 1.165) is 44.8 Å². The standard InChI is InChI=1S/C24H29N3/c1-17-3-8-23-21(15-17)20-10-12-26(2)13-11-24(20)27(23)14-9-18-4-7-22(25-16-18)19-5-6-19/h3-4,7-8,15-16,19H,5-6,9-14H2,1-2H3. The van der Waals surface area contributed by atoms with Gasteiger partial charge in [-0.1, -0.05) is 17.7 Å². The smallest absolute Gasteiger partial charge is 0.0485 e. The number of fused-ring (bicyclic) bond motifs is 3. The average Bonchev–Trinajstić information content (AvgIpc) is 3.49. The second-order valence-electron chi connectivity index (χ2n) is 8.52. The highest BCUT2D eigenvalue weighted by atomic mass is 15.1. The molecule has 1 aromatic carbocycles. The number of aromatic nitrogens is 2. The van der Waals surface area contributed by atoms with Crippen LogP contribution in [0.15, 0.2) is 36.5 Å². The Morgan fingerprint density at radius 1 is 1.07 bits per heavy atom. The van der Waals surface area contributed by atoms with Crippen molar-refractivity contribution in [3.8, 4) is 0 Å². The summed E-state index contributed by atoms with van der Waals surface area (Å²) >= 11 is 0. The molecule has 3 aromatic rings. The zero-order chi connectivity index (χ0) is 18.4. The first-order valence-electron chi connectivity index (χ1n) is 10.4. The highest BCUT2D eigenvalue weighted by molar-refractivity contribution is 5.86. The minimum Gasteiger partial charge on any atom is -0.344 e.